The second-order valence-corrected chi connectivity index (χ2v) is 4.31. The van der Waals surface area contributed by atoms with Crippen LogP contribution in [0.25, 0.3) is 0 Å². The first kappa shape index (κ1) is 13.6. The minimum absolute atomic E-state index is 0.115. The van der Waals surface area contributed by atoms with Crippen molar-refractivity contribution in [2.24, 2.45) is 0 Å². The van der Waals surface area contributed by atoms with Crippen molar-refractivity contribution in [1.29, 1.82) is 0 Å². The Morgan fingerprint density at radius 3 is 2.41 bits per heavy atom. The van der Waals surface area contributed by atoms with Crippen molar-refractivity contribution >= 4 is 5.91 Å². The highest BCUT2D eigenvalue weighted by molar-refractivity contribution is 5.78. The summed E-state index contributed by atoms with van der Waals surface area (Å²) in [7, 11) is 3.54. The van der Waals surface area contributed by atoms with E-state index in [4.69, 9.17) is 4.74 Å². The van der Waals surface area contributed by atoms with Gasteiger partial charge in [-0.2, -0.15) is 0 Å². The molecule has 0 bridgehead atoms. The maximum Gasteiger partial charge on any atom is 0.226 e. The molecular formula is C14H21NO2. The first-order valence-electron chi connectivity index (χ1n) is 6.05. The number of hydrogen-bond acceptors (Lipinski definition) is 2. The summed E-state index contributed by atoms with van der Waals surface area (Å²) in [6, 6.07) is 7.74. The molecule has 1 rings (SSSR count). The molecule has 0 N–H and O–H groups in total. The number of rotatable bonds is 6. The predicted molar refractivity (Wildman–Crippen MR) is 69.2 cm³/mol. The van der Waals surface area contributed by atoms with Gasteiger partial charge in [0.05, 0.1) is 13.0 Å². The molecule has 1 aromatic rings. The zero-order chi connectivity index (χ0) is 12.7. The van der Waals surface area contributed by atoms with Gasteiger partial charge in [0, 0.05) is 14.1 Å². The summed E-state index contributed by atoms with van der Waals surface area (Å²) >= 11 is 0. The number of amides is 1. The summed E-state index contributed by atoms with van der Waals surface area (Å²) in [4.78, 5) is 13.1. The molecule has 0 saturated heterocycles. The van der Waals surface area contributed by atoms with E-state index in [-0.39, 0.29) is 5.91 Å². The van der Waals surface area contributed by atoms with Crippen LogP contribution < -0.4 is 4.74 Å². The van der Waals surface area contributed by atoms with Crippen molar-refractivity contribution in [3.8, 4) is 5.75 Å². The van der Waals surface area contributed by atoms with Crippen LogP contribution in [0.4, 0.5) is 0 Å². The average molecular weight is 235 g/mol. The summed E-state index contributed by atoms with van der Waals surface area (Å²) in [5.74, 6) is 0.990. The Hall–Kier alpha value is -1.51. The van der Waals surface area contributed by atoms with E-state index in [0.717, 1.165) is 30.8 Å². The number of carbonyl (C=O) groups is 1. The molecule has 1 aromatic carbocycles. The largest absolute Gasteiger partial charge is 0.494 e. The summed E-state index contributed by atoms with van der Waals surface area (Å²) in [6.45, 7) is 2.89. The van der Waals surface area contributed by atoms with Crippen LogP contribution in [-0.4, -0.2) is 31.5 Å². The molecule has 0 saturated carbocycles. The molecule has 0 fully saturated rings. The third-order valence-corrected chi connectivity index (χ3v) is 2.54. The van der Waals surface area contributed by atoms with E-state index in [2.05, 4.69) is 6.92 Å². The fourth-order valence-corrected chi connectivity index (χ4v) is 1.37. The van der Waals surface area contributed by atoms with Crippen LogP contribution in [0.15, 0.2) is 24.3 Å². The van der Waals surface area contributed by atoms with Gasteiger partial charge in [-0.15, -0.1) is 0 Å². The fourth-order valence-electron chi connectivity index (χ4n) is 1.37. The number of nitrogens with zero attached hydrogens (tertiary/aromatic N) is 1. The summed E-state index contributed by atoms with van der Waals surface area (Å²) in [5, 5.41) is 0. The van der Waals surface area contributed by atoms with Gasteiger partial charge in [0.15, 0.2) is 0 Å². The maximum atomic E-state index is 11.5. The molecule has 3 heteroatoms. The highest BCUT2D eigenvalue weighted by Gasteiger charge is 2.05. The average Bonchev–Trinajstić information content (AvgIpc) is 2.31. The van der Waals surface area contributed by atoms with Gasteiger partial charge in [-0.1, -0.05) is 25.5 Å². The number of carbonyl (C=O) groups excluding carboxylic acids is 1. The Bertz CT molecular complexity index is 344. The lowest BCUT2D eigenvalue weighted by Gasteiger charge is -2.10. The van der Waals surface area contributed by atoms with Crippen LogP contribution in [0.2, 0.25) is 0 Å². The first-order valence-corrected chi connectivity index (χ1v) is 6.05. The van der Waals surface area contributed by atoms with Crippen molar-refractivity contribution < 1.29 is 9.53 Å². The molecule has 94 valence electrons. The number of unbranched alkanes of at least 4 members (excludes halogenated alkanes) is 1. The normalized spacial score (nSPS) is 10.1. The van der Waals surface area contributed by atoms with Gasteiger partial charge in [0.2, 0.25) is 5.91 Å². The van der Waals surface area contributed by atoms with Crippen molar-refractivity contribution in [3.05, 3.63) is 29.8 Å². The van der Waals surface area contributed by atoms with Gasteiger partial charge >= 0.3 is 0 Å². The van der Waals surface area contributed by atoms with E-state index in [1.807, 2.05) is 24.3 Å². The Morgan fingerprint density at radius 2 is 1.88 bits per heavy atom. The van der Waals surface area contributed by atoms with Crippen LogP contribution in [0.3, 0.4) is 0 Å². The molecule has 0 heterocycles. The predicted octanol–water partition coefficient (Wildman–Crippen LogP) is 2.50. The molecule has 0 atom stereocenters. The molecule has 0 aromatic heterocycles. The van der Waals surface area contributed by atoms with Gasteiger partial charge in [-0.25, -0.2) is 0 Å². The Balaban J connectivity index is 2.47. The Labute approximate surface area is 103 Å². The molecule has 0 unspecified atom stereocenters. The first-order chi connectivity index (χ1) is 8.13. The molecule has 0 radical (unpaired) electrons. The van der Waals surface area contributed by atoms with Gasteiger partial charge in [0.25, 0.3) is 0 Å². The zero-order valence-electron chi connectivity index (χ0n) is 10.9. The van der Waals surface area contributed by atoms with Crippen LogP contribution in [0.5, 0.6) is 5.75 Å². The SMILES string of the molecule is CCCCOc1ccc(CC(=O)N(C)C)cc1. The minimum atomic E-state index is 0.115. The number of ether oxygens (including phenoxy) is 1. The van der Waals surface area contributed by atoms with Gasteiger partial charge < -0.3 is 9.64 Å². The molecule has 0 aliphatic carbocycles. The molecular weight excluding hydrogens is 214 g/mol. The molecule has 0 aliphatic rings. The van der Waals surface area contributed by atoms with E-state index >= 15 is 0 Å². The quantitative estimate of drug-likeness (QED) is 0.709. The van der Waals surface area contributed by atoms with Crippen molar-refractivity contribution in [2.75, 3.05) is 20.7 Å². The van der Waals surface area contributed by atoms with Crippen molar-refractivity contribution in [2.45, 2.75) is 26.2 Å². The Kier molecular flexibility index (Phi) is 5.53. The minimum Gasteiger partial charge on any atom is -0.494 e. The van der Waals surface area contributed by atoms with Crippen molar-refractivity contribution in [3.63, 3.8) is 0 Å². The summed E-state index contributed by atoms with van der Waals surface area (Å²) < 4.78 is 5.56. The number of likely N-dealkylation sites (N-methyl/N-ethyl adjacent to an activating group) is 1. The van der Waals surface area contributed by atoms with Crippen LogP contribution in [0, 0.1) is 0 Å². The van der Waals surface area contributed by atoms with Gasteiger partial charge in [-0.3, -0.25) is 4.79 Å². The van der Waals surface area contributed by atoms with Gasteiger partial charge in [0.1, 0.15) is 5.75 Å². The third-order valence-electron chi connectivity index (χ3n) is 2.54. The lowest BCUT2D eigenvalue weighted by atomic mass is 10.1. The molecule has 0 aliphatic heterocycles. The Morgan fingerprint density at radius 1 is 1.24 bits per heavy atom. The summed E-state index contributed by atoms with van der Waals surface area (Å²) in [5.41, 5.74) is 1.02. The van der Waals surface area contributed by atoms with E-state index in [9.17, 15) is 4.79 Å². The van der Waals surface area contributed by atoms with Crippen LogP contribution >= 0.6 is 0 Å². The third kappa shape index (κ3) is 4.89. The van der Waals surface area contributed by atoms with E-state index in [0.29, 0.717) is 6.42 Å². The van der Waals surface area contributed by atoms with Crippen LogP contribution in [-0.2, 0) is 11.2 Å². The van der Waals surface area contributed by atoms with E-state index in [1.54, 1.807) is 19.0 Å². The number of hydrogen-bond donors (Lipinski definition) is 0. The molecule has 1 amide bonds. The standard InChI is InChI=1S/C14H21NO2/c1-4-5-10-17-13-8-6-12(7-9-13)11-14(16)15(2)3/h6-9H,4-5,10-11H2,1-3H3. The highest BCUT2D eigenvalue weighted by Crippen LogP contribution is 2.13. The van der Waals surface area contributed by atoms with Crippen LogP contribution in [0.1, 0.15) is 25.3 Å². The number of benzene rings is 1. The maximum absolute atomic E-state index is 11.5. The summed E-state index contributed by atoms with van der Waals surface area (Å²) in [6.07, 6.45) is 2.65. The second-order valence-electron chi connectivity index (χ2n) is 4.31. The molecule has 17 heavy (non-hydrogen) atoms. The lowest BCUT2D eigenvalue weighted by Crippen LogP contribution is -2.23. The zero-order valence-corrected chi connectivity index (χ0v) is 10.9. The van der Waals surface area contributed by atoms with E-state index in [1.165, 1.54) is 0 Å². The van der Waals surface area contributed by atoms with E-state index < -0.39 is 0 Å². The topological polar surface area (TPSA) is 29.5 Å². The lowest BCUT2D eigenvalue weighted by molar-refractivity contribution is -0.127. The highest BCUT2D eigenvalue weighted by atomic mass is 16.5. The fraction of sp³-hybridized carbons (Fsp3) is 0.500. The second kappa shape index (κ2) is 6.94. The monoisotopic (exact) mass is 235 g/mol. The smallest absolute Gasteiger partial charge is 0.226 e. The van der Waals surface area contributed by atoms with Gasteiger partial charge in [-0.05, 0) is 24.1 Å². The molecule has 3 nitrogen and oxygen atoms in total. The molecule has 0 spiro atoms. The van der Waals surface area contributed by atoms with Crippen molar-refractivity contribution in [1.82, 2.24) is 4.90 Å².